The average Bonchev–Trinajstić information content (AvgIpc) is 2.93. The van der Waals surface area contributed by atoms with Gasteiger partial charge in [0.2, 0.25) is 11.8 Å². The fourth-order valence-corrected chi connectivity index (χ4v) is 6.18. The Balaban J connectivity index is 2.06. The van der Waals surface area contributed by atoms with Crippen molar-refractivity contribution in [1.82, 2.24) is 10.2 Å². The summed E-state index contributed by atoms with van der Waals surface area (Å²) in [4.78, 5) is 29.1. The number of anilines is 1. The summed E-state index contributed by atoms with van der Waals surface area (Å²) in [6, 6.07) is 17.5. The fraction of sp³-hybridized carbons (Fsp3) is 0.286. The van der Waals surface area contributed by atoms with Crippen LogP contribution in [0.4, 0.5) is 5.69 Å². The van der Waals surface area contributed by atoms with E-state index in [4.69, 9.17) is 23.2 Å². The van der Waals surface area contributed by atoms with Crippen LogP contribution in [0.5, 0.6) is 0 Å². The number of nitrogens with one attached hydrogen (secondary N) is 1. The van der Waals surface area contributed by atoms with Gasteiger partial charge in [0.25, 0.3) is 10.0 Å². The zero-order valence-electron chi connectivity index (χ0n) is 22.1. The molecule has 0 spiro atoms. The number of hydrogen-bond donors (Lipinski definition) is 1. The van der Waals surface area contributed by atoms with Crippen LogP contribution < -0.4 is 9.62 Å². The molecule has 0 radical (unpaired) electrons. The number of amides is 2. The number of hydrogen-bond acceptors (Lipinski definition) is 5. The van der Waals surface area contributed by atoms with Gasteiger partial charge in [-0.05, 0) is 73.7 Å². The Morgan fingerprint density at radius 2 is 1.62 bits per heavy atom. The van der Waals surface area contributed by atoms with E-state index in [-0.39, 0.29) is 17.3 Å². The molecule has 0 aliphatic carbocycles. The zero-order valence-corrected chi connectivity index (χ0v) is 25.3. The smallest absolute Gasteiger partial charge is 0.264 e. The number of thioether (sulfide) groups is 1. The predicted octanol–water partition coefficient (Wildman–Crippen LogP) is 5.77. The van der Waals surface area contributed by atoms with E-state index in [2.05, 4.69) is 5.32 Å². The first-order valence-corrected chi connectivity index (χ1v) is 15.6. The number of carbonyl (C=O) groups excluding carboxylic acids is 2. The fourth-order valence-electron chi connectivity index (χ4n) is 4.04. The summed E-state index contributed by atoms with van der Waals surface area (Å²) in [5, 5.41) is 3.28. The van der Waals surface area contributed by atoms with Gasteiger partial charge < -0.3 is 10.2 Å². The summed E-state index contributed by atoms with van der Waals surface area (Å²) in [6.07, 6.45) is 2.22. The number of aryl methyl sites for hydroxylation is 1. The Kier molecular flexibility index (Phi) is 10.7. The Labute approximate surface area is 244 Å². The molecule has 11 heteroatoms. The second kappa shape index (κ2) is 13.6. The summed E-state index contributed by atoms with van der Waals surface area (Å²) in [6.45, 7) is 3.20. The molecule has 0 heterocycles. The molecule has 1 atom stereocenters. The lowest BCUT2D eigenvalue weighted by Crippen LogP contribution is -2.51. The molecule has 0 saturated heterocycles. The van der Waals surface area contributed by atoms with Gasteiger partial charge >= 0.3 is 0 Å². The minimum Gasteiger partial charge on any atom is -0.357 e. The van der Waals surface area contributed by atoms with Crippen LogP contribution in [0.15, 0.2) is 76.5 Å². The lowest BCUT2D eigenvalue weighted by molar-refractivity contribution is -0.140. The predicted molar refractivity (Wildman–Crippen MR) is 159 cm³/mol. The Morgan fingerprint density at radius 1 is 0.974 bits per heavy atom. The Morgan fingerprint density at radius 3 is 2.15 bits per heavy atom. The minimum absolute atomic E-state index is 0.0336. The maximum absolute atomic E-state index is 13.9. The van der Waals surface area contributed by atoms with Crippen LogP contribution in [0, 0.1) is 6.92 Å². The van der Waals surface area contributed by atoms with Gasteiger partial charge in [0.05, 0.1) is 20.6 Å². The summed E-state index contributed by atoms with van der Waals surface area (Å²) in [5.74, 6) is -0.898. The summed E-state index contributed by atoms with van der Waals surface area (Å²) < 4.78 is 28.8. The van der Waals surface area contributed by atoms with E-state index in [1.165, 1.54) is 35.8 Å². The van der Waals surface area contributed by atoms with Crippen LogP contribution in [0.3, 0.4) is 0 Å². The highest BCUT2D eigenvalue weighted by Gasteiger charge is 2.33. The molecule has 0 aromatic heterocycles. The number of likely N-dealkylation sites (N-methyl/N-ethyl adjacent to an activating group) is 1. The largest absolute Gasteiger partial charge is 0.357 e. The van der Waals surface area contributed by atoms with Gasteiger partial charge in [-0.1, -0.05) is 53.9 Å². The van der Waals surface area contributed by atoms with Crippen LogP contribution in [0.2, 0.25) is 10.0 Å². The summed E-state index contributed by atoms with van der Waals surface area (Å²) in [5.41, 5.74) is 1.93. The van der Waals surface area contributed by atoms with Crippen molar-refractivity contribution in [1.29, 1.82) is 0 Å². The van der Waals surface area contributed by atoms with Gasteiger partial charge in [-0.25, -0.2) is 8.42 Å². The number of sulfonamides is 1. The van der Waals surface area contributed by atoms with Gasteiger partial charge in [-0.2, -0.15) is 0 Å². The monoisotopic (exact) mass is 607 g/mol. The number of halogens is 2. The molecule has 39 heavy (non-hydrogen) atoms. The van der Waals surface area contributed by atoms with Gasteiger partial charge in [0.1, 0.15) is 12.6 Å². The minimum atomic E-state index is -4.13. The SMILES string of the molecule is CC[C@H](C(=O)NC)N(Cc1ccc(Cl)c(Cl)c1)C(=O)CN(c1ccc(C)cc1)S(=O)(=O)c1ccc(SC)cc1. The third-order valence-corrected chi connectivity index (χ3v) is 9.49. The van der Waals surface area contributed by atoms with E-state index in [9.17, 15) is 18.0 Å². The van der Waals surface area contributed by atoms with Crippen LogP contribution in [0.25, 0.3) is 0 Å². The molecule has 3 rings (SSSR count). The molecule has 1 N–H and O–H groups in total. The van der Waals surface area contributed by atoms with Crippen LogP contribution >= 0.6 is 35.0 Å². The van der Waals surface area contributed by atoms with Crippen molar-refractivity contribution in [3.05, 3.63) is 87.9 Å². The van der Waals surface area contributed by atoms with Crippen molar-refractivity contribution in [3.8, 4) is 0 Å². The molecule has 3 aromatic carbocycles. The topological polar surface area (TPSA) is 86.8 Å². The van der Waals surface area contributed by atoms with Crippen molar-refractivity contribution in [2.45, 2.75) is 42.6 Å². The molecule has 208 valence electrons. The van der Waals surface area contributed by atoms with E-state index in [0.29, 0.717) is 27.7 Å². The number of benzene rings is 3. The summed E-state index contributed by atoms with van der Waals surface area (Å²) >= 11 is 13.8. The Bertz CT molecular complexity index is 1420. The maximum atomic E-state index is 13.9. The lowest BCUT2D eigenvalue weighted by Gasteiger charge is -2.33. The average molecular weight is 609 g/mol. The van der Waals surface area contributed by atoms with Crippen LogP contribution in [-0.2, 0) is 26.2 Å². The van der Waals surface area contributed by atoms with Gasteiger partial charge in [-0.3, -0.25) is 13.9 Å². The molecular formula is C28H31Cl2N3O4S2. The first-order valence-electron chi connectivity index (χ1n) is 12.2. The normalized spacial score (nSPS) is 12.1. The van der Waals surface area contributed by atoms with Crippen molar-refractivity contribution in [2.75, 3.05) is 24.2 Å². The first kappa shape index (κ1) is 30.8. The third-order valence-electron chi connectivity index (χ3n) is 6.22. The second-order valence-electron chi connectivity index (χ2n) is 8.83. The standard InChI is InChI=1S/C28H31Cl2N3O4S2/c1-5-26(28(35)31-3)32(17-20-8-15-24(29)25(30)16-20)27(34)18-33(21-9-6-19(2)7-10-21)39(36,37)23-13-11-22(38-4)12-14-23/h6-16,26H,5,17-18H2,1-4H3,(H,31,35)/t26-/m1/s1. The number of rotatable bonds is 11. The van der Waals surface area contributed by atoms with Crippen molar-refractivity contribution >= 4 is 62.5 Å². The highest BCUT2D eigenvalue weighted by Crippen LogP contribution is 2.28. The molecule has 3 aromatic rings. The number of carbonyl (C=O) groups is 2. The van der Waals surface area contributed by atoms with E-state index in [0.717, 1.165) is 14.8 Å². The summed E-state index contributed by atoms with van der Waals surface area (Å²) in [7, 11) is -2.63. The molecule has 2 amide bonds. The molecule has 0 bridgehead atoms. The van der Waals surface area contributed by atoms with Crippen LogP contribution in [-0.4, -0.2) is 51.0 Å². The molecule has 0 unspecified atom stereocenters. The third kappa shape index (κ3) is 7.48. The van der Waals surface area contributed by atoms with E-state index in [1.54, 1.807) is 61.5 Å². The van der Waals surface area contributed by atoms with Gasteiger partial charge in [0, 0.05) is 18.5 Å². The molecule has 7 nitrogen and oxygen atoms in total. The first-order chi connectivity index (χ1) is 18.5. The van der Waals surface area contributed by atoms with E-state index < -0.39 is 28.5 Å². The molecule has 0 aliphatic rings. The lowest BCUT2D eigenvalue weighted by atomic mass is 10.1. The highest BCUT2D eigenvalue weighted by molar-refractivity contribution is 7.98. The molecule has 0 aliphatic heterocycles. The molecule has 0 saturated carbocycles. The van der Waals surface area contributed by atoms with Crippen molar-refractivity contribution in [3.63, 3.8) is 0 Å². The highest BCUT2D eigenvalue weighted by atomic mass is 35.5. The van der Waals surface area contributed by atoms with Crippen LogP contribution in [0.1, 0.15) is 24.5 Å². The van der Waals surface area contributed by atoms with E-state index >= 15 is 0 Å². The quantitative estimate of drug-likeness (QED) is 0.279. The zero-order chi connectivity index (χ0) is 28.7. The molecular weight excluding hydrogens is 577 g/mol. The van der Waals surface area contributed by atoms with Crippen molar-refractivity contribution in [2.24, 2.45) is 0 Å². The van der Waals surface area contributed by atoms with E-state index in [1.807, 2.05) is 13.2 Å². The van der Waals surface area contributed by atoms with Gasteiger partial charge in [-0.15, -0.1) is 11.8 Å². The van der Waals surface area contributed by atoms with Gasteiger partial charge in [0.15, 0.2) is 0 Å². The molecule has 0 fully saturated rings. The van der Waals surface area contributed by atoms with Crippen molar-refractivity contribution < 1.29 is 18.0 Å². The Hall–Kier alpha value is -2.72. The second-order valence-corrected chi connectivity index (χ2v) is 12.4. The maximum Gasteiger partial charge on any atom is 0.264 e. The number of nitrogens with zero attached hydrogens (tertiary/aromatic N) is 2.